The molecule has 0 aliphatic heterocycles. The third kappa shape index (κ3) is 1.69. The minimum atomic E-state index is -0.151. The maximum atomic E-state index is 9.55. The number of hydrogen-bond acceptors (Lipinski definition) is 4. The van der Waals surface area contributed by atoms with E-state index < -0.39 is 0 Å². The molecule has 0 aromatic carbocycles. The largest absolute Gasteiger partial charge is 0.392 e. The third-order valence-corrected chi connectivity index (χ3v) is 4.00. The first-order valence-electron chi connectivity index (χ1n) is 4.89. The molecule has 2 N–H and O–H groups in total. The van der Waals surface area contributed by atoms with Gasteiger partial charge in [0.2, 0.25) is 0 Å². The van der Waals surface area contributed by atoms with E-state index in [0.29, 0.717) is 6.04 Å². The van der Waals surface area contributed by atoms with Crippen molar-refractivity contribution >= 4 is 11.3 Å². The van der Waals surface area contributed by atoms with Gasteiger partial charge in [0.25, 0.3) is 0 Å². The van der Waals surface area contributed by atoms with E-state index in [1.807, 2.05) is 11.7 Å². The van der Waals surface area contributed by atoms with Crippen molar-refractivity contribution in [2.24, 2.45) is 5.41 Å². The average Bonchev–Trinajstić information content (AvgIpc) is 2.64. The molecule has 2 atom stereocenters. The fraction of sp³-hybridized carbons (Fsp3) is 0.700. The molecule has 78 valence electrons. The van der Waals surface area contributed by atoms with Crippen LogP contribution < -0.4 is 5.32 Å². The van der Waals surface area contributed by atoms with Gasteiger partial charge in [-0.05, 0) is 6.42 Å². The molecule has 0 amide bonds. The quantitative estimate of drug-likeness (QED) is 0.796. The number of nitrogens with one attached hydrogen (secondary N) is 1. The highest BCUT2D eigenvalue weighted by atomic mass is 32.1. The van der Waals surface area contributed by atoms with E-state index in [1.165, 1.54) is 4.88 Å². The molecule has 4 heteroatoms. The van der Waals surface area contributed by atoms with Gasteiger partial charge in [-0.2, -0.15) is 0 Å². The lowest BCUT2D eigenvalue weighted by atomic mass is 9.64. The fourth-order valence-electron chi connectivity index (χ4n) is 1.80. The van der Waals surface area contributed by atoms with E-state index in [-0.39, 0.29) is 11.5 Å². The van der Waals surface area contributed by atoms with Crippen LogP contribution in [0.25, 0.3) is 0 Å². The molecule has 2 unspecified atom stereocenters. The summed E-state index contributed by atoms with van der Waals surface area (Å²) in [4.78, 5) is 5.28. The lowest BCUT2D eigenvalue weighted by Crippen LogP contribution is -2.59. The zero-order valence-electron chi connectivity index (χ0n) is 8.53. The molecule has 0 saturated heterocycles. The zero-order chi connectivity index (χ0) is 10.2. The van der Waals surface area contributed by atoms with E-state index in [0.717, 1.165) is 13.0 Å². The first-order valence-corrected chi connectivity index (χ1v) is 5.77. The minimum Gasteiger partial charge on any atom is -0.392 e. The van der Waals surface area contributed by atoms with E-state index in [2.05, 4.69) is 24.1 Å². The maximum Gasteiger partial charge on any atom is 0.0794 e. The van der Waals surface area contributed by atoms with Crippen molar-refractivity contribution in [1.82, 2.24) is 10.3 Å². The molecule has 1 saturated carbocycles. The van der Waals surface area contributed by atoms with Crippen LogP contribution in [-0.2, 0) is 6.54 Å². The number of aromatic nitrogens is 1. The van der Waals surface area contributed by atoms with Gasteiger partial charge >= 0.3 is 0 Å². The van der Waals surface area contributed by atoms with Crippen LogP contribution in [0.4, 0.5) is 0 Å². The Morgan fingerprint density at radius 2 is 2.50 bits per heavy atom. The Kier molecular flexibility index (Phi) is 2.60. The molecular weight excluding hydrogens is 196 g/mol. The summed E-state index contributed by atoms with van der Waals surface area (Å²) in [5.41, 5.74) is 1.86. The molecule has 2 rings (SSSR count). The summed E-state index contributed by atoms with van der Waals surface area (Å²) < 4.78 is 0. The zero-order valence-corrected chi connectivity index (χ0v) is 9.34. The second kappa shape index (κ2) is 3.61. The second-order valence-corrected chi connectivity index (χ2v) is 5.44. The van der Waals surface area contributed by atoms with Crippen molar-refractivity contribution in [1.29, 1.82) is 0 Å². The van der Waals surface area contributed by atoms with Crippen LogP contribution in [-0.4, -0.2) is 22.2 Å². The van der Waals surface area contributed by atoms with Gasteiger partial charge in [0.05, 0.1) is 11.6 Å². The molecule has 1 aliphatic carbocycles. The summed E-state index contributed by atoms with van der Waals surface area (Å²) >= 11 is 1.66. The highest BCUT2D eigenvalue weighted by Gasteiger charge is 2.46. The van der Waals surface area contributed by atoms with E-state index in [9.17, 15) is 5.11 Å². The summed E-state index contributed by atoms with van der Waals surface area (Å²) in [5.74, 6) is 0. The summed E-state index contributed by atoms with van der Waals surface area (Å²) in [7, 11) is 0. The number of rotatable bonds is 3. The van der Waals surface area contributed by atoms with Crippen molar-refractivity contribution in [3.63, 3.8) is 0 Å². The van der Waals surface area contributed by atoms with Gasteiger partial charge in [-0.25, -0.2) is 0 Å². The molecule has 1 aromatic heterocycles. The molecule has 14 heavy (non-hydrogen) atoms. The van der Waals surface area contributed by atoms with Crippen LogP contribution in [0.2, 0.25) is 0 Å². The summed E-state index contributed by atoms with van der Waals surface area (Å²) in [6.45, 7) is 5.07. The van der Waals surface area contributed by atoms with Gasteiger partial charge in [0.1, 0.15) is 0 Å². The molecule has 1 heterocycles. The minimum absolute atomic E-state index is 0.0185. The van der Waals surface area contributed by atoms with E-state index in [1.54, 1.807) is 11.3 Å². The highest BCUT2D eigenvalue weighted by Crippen LogP contribution is 2.40. The Labute approximate surface area is 88.2 Å². The number of nitrogens with zero attached hydrogens (tertiary/aromatic N) is 1. The van der Waals surface area contributed by atoms with Crippen LogP contribution in [0.1, 0.15) is 25.1 Å². The van der Waals surface area contributed by atoms with Crippen LogP contribution >= 0.6 is 11.3 Å². The monoisotopic (exact) mass is 212 g/mol. The van der Waals surface area contributed by atoms with Gasteiger partial charge in [-0.1, -0.05) is 13.8 Å². The Bertz CT molecular complexity index is 297. The SMILES string of the molecule is CC1(C)C(O)CC1NCc1cncs1. The molecule has 1 aliphatic rings. The van der Waals surface area contributed by atoms with Crippen molar-refractivity contribution in [3.05, 3.63) is 16.6 Å². The predicted molar refractivity (Wildman–Crippen MR) is 57.1 cm³/mol. The van der Waals surface area contributed by atoms with Crippen molar-refractivity contribution in [3.8, 4) is 0 Å². The first-order chi connectivity index (χ1) is 6.60. The Morgan fingerprint density at radius 3 is 3.00 bits per heavy atom. The normalized spacial score (nSPS) is 29.9. The molecule has 0 radical (unpaired) electrons. The van der Waals surface area contributed by atoms with Crippen LogP contribution in [0.3, 0.4) is 0 Å². The highest BCUT2D eigenvalue weighted by molar-refractivity contribution is 7.09. The van der Waals surface area contributed by atoms with Crippen LogP contribution in [0.15, 0.2) is 11.7 Å². The summed E-state index contributed by atoms with van der Waals surface area (Å²) in [6.07, 6.45) is 2.60. The summed E-state index contributed by atoms with van der Waals surface area (Å²) in [5, 5.41) is 13.0. The smallest absolute Gasteiger partial charge is 0.0794 e. The van der Waals surface area contributed by atoms with E-state index >= 15 is 0 Å². The Hall–Kier alpha value is -0.450. The van der Waals surface area contributed by atoms with Gasteiger partial charge < -0.3 is 10.4 Å². The molecule has 0 bridgehead atoms. The summed E-state index contributed by atoms with van der Waals surface area (Å²) in [6, 6.07) is 0.430. The third-order valence-electron chi connectivity index (χ3n) is 3.22. The average molecular weight is 212 g/mol. The Balaban J connectivity index is 1.83. The van der Waals surface area contributed by atoms with Crippen LogP contribution in [0, 0.1) is 5.41 Å². The lowest BCUT2D eigenvalue weighted by molar-refractivity contribution is -0.0729. The maximum absolute atomic E-state index is 9.55. The molecule has 3 nitrogen and oxygen atoms in total. The van der Waals surface area contributed by atoms with E-state index in [4.69, 9.17) is 0 Å². The number of aliphatic hydroxyl groups excluding tert-OH is 1. The second-order valence-electron chi connectivity index (χ2n) is 4.47. The fourth-order valence-corrected chi connectivity index (χ4v) is 2.35. The first kappa shape index (κ1) is 10.1. The molecular formula is C10H16N2OS. The topological polar surface area (TPSA) is 45.1 Å². The van der Waals surface area contributed by atoms with Crippen molar-refractivity contribution in [2.75, 3.05) is 0 Å². The van der Waals surface area contributed by atoms with Gasteiger partial charge in [-0.3, -0.25) is 4.98 Å². The Morgan fingerprint density at radius 1 is 1.71 bits per heavy atom. The van der Waals surface area contributed by atoms with Gasteiger partial charge in [0, 0.05) is 29.1 Å². The standard InChI is InChI=1S/C10H16N2OS/c1-10(2)8(3-9(10)13)12-5-7-4-11-6-14-7/h4,6,8-9,12-13H,3,5H2,1-2H3. The van der Waals surface area contributed by atoms with Crippen molar-refractivity contribution in [2.45, 2.75) is 39.0 Å². The number of aliphatic hydroxyl groups is 1. The number of hydrogen-bond donors (Lipinski definition) is 2. The molecule has 1 aromatic rings. The molecule has 0 spiro atoms. The van der Waals surface area contributed by atoms with Crippen LogP contribution in [0.5, 0.6) is 0 Å². The van der Waals surface area contributed by atoms with Crippen molar-refractivity contribution < 1.29 is 5.11 Å². The lowest BCUT2D eigenvalue weighted by Gasteiger charge is -2.49. The number of thiazole rings is 1. The van der Waals surface area contributed by atoms with Gasteiger partial charge in [0.15, 0.2) is 0 Å². The molecule has 1 fully saturated rings. The van der Waals surface area contributed by atoms with Gasteiger partial charge in [-0.15, -0.1) is 11.3 Å². The predicted octanol–water partition coefficient (Wildman–Crippen LogP) is 1.39.